The number of hydrogen-bond acceptors (Lipinski definition) is 4. The second-order valence-electron chi connectivity index (χ2n) is 5.17. The number of hydrogen-bond donors (Lipinski definition) is 3. The van der Waals surface area contributed by atoms with E-state index < -0.39 is 10.0 Å². The van der Waals surface area contributed by atoms with Crippen LogP contribution < -0.4 is 15.4 Å². The minimum atomic E-state index is -3.53. The lowest BCUT2D eigenvalue weighted by Crippen LogP contribution is -2.32. The molecular formula is C15H25N3O3S. The van der Waals surface area contributed by atoms with Crippen molar-refractivity contribution in [1.29, 1.82) is 0 Å². The van der Waals surface area contributed by atoms with Crippen molar-refractivity contribution in [3.63, 3.8) is 0 Å². The topological polar surface area (TPSA) is 87.3 Å². The van der Waals surface area contributed by atoms with Crippen LogP contribution in [0.25, 0.3) is 0 Å². The van der Waals surface area contributed by atoms with Gasteiger partial charge in [-0.05, 0) is 57.6 Å². The van der Waals surface area contributed by atoms with E-state index in [1.54, 1.807) is 0 Å². The molecule has 1 unspecified atom stereocenters. The molecule has 0 heterocycles. The largest absolute Gasteiger partial charge is 0.352 e. The summed E-state index contributed by atoms with van der Waals surface area (Å²) in [5, 5.41) is 5.79. The van der Waals surface area contributed by atoms with Crippen molar-refractivity contribution >= 4 is 15.9 Å². The molecule has 0 radical (unpaired) electrons. The maximum Gasteiger partial charge on any atom is 0.251 e. The fourth-order valence-electron chi connectivity index (χ4n) is 1.77. The molecule has 1 atom stereocenters. The van der Waals surface area contributed by atoms with Crippen LogP contribution in [0.5, 0.6) is 0 Å². The fraction of sp³-hybridized carbons (Fsp3) is 0.533. The van der Waals surface area contributed by atoms with Crippen LogP contribution in [-0.4, -0.2) is 40.5 Å². The minimum Gasteiger partial charge on any atom is -0.352 e. The third-order valence-electron chi connectivity index (χ3n) is 3.28. The van der Waals surface area contributed by atoms with E-state index in [9.17, 15) is 13.2 Å². The van der Waals surface area contributed by atoms with Gasteiger partial charge in [0, 0.05) is 18.2 Å². The maximum atomic E-state index is 12.1. The summed E-state index contributed by atoms with van der Waals surface area (Å²) >= 11 is 0. The zero-order valence-electron chi connectivity index (χ0n) is 13.3. The number of nitrogens with one attached hydrogen (secondary N) is 3. The van der Waals surface area contributed by atoms with Gasteiger partial charge in [0.15, 0.2) is 0 Å². The van der Waals surface area contributed by atoms with Crippen molar-refractivity contribution < 1.29 is 13.2 Å². The Kier molecular flexibility index (Phi) is 7.50. The first kappa shape index (κ1) is 18.6. The molecule has 0 spiro atoms. The number of sulfonamides is 1. The van der Waals surface area contributed by atoms with Gasteiger partial charge >= 0.3 is 0 Å². The minimum absolute atomic E-state index is 0.125. The van der Waals surface area contributed by atoms with Gasteiger partial charge in [0.25, 0.3) is 5.91 Å². The summed E-state index contributed by atoms with van der Waals surface area (Å²) in [7, 11) is -1.67. The average Bonchev–Trinajstić information content (AvgIpc) is 2.51. The number of rotatable bonds is 9. The fourth-order valence-corrected chi connectivity index (χ4v) is 3.10. The second kappa shape index (κ2) is 8.87. The van der Waals surface area contributed by atoms with Gasteiger partial charge in [0.1, 0.15) is 0 Å². The molecule has 0 aliphatic rings. The van der Waals surface area contributed by atoms with Crippen LogP contribution in [0, 0.1) is 0 Å². The highest BCUT2D eigenvalue weighted by Crippen LogP contribution is 2.11. The number of carbonyl (C=O) groups excluding carboxylic acids is 1. The predicted octanol–water partition coefficient (Wildman–Crippen LogP) is 1.10. The van der Waals surface area contributed by atoms with Gasteiger partial charge in [-0.1, -0.05) is 6.92 Å². The van der Waals surface area contributed by atoms with Crippen molar-refractivity contribution in [2.45, 2.75) is 37.6 Å². The molecule has 1 rings (SSSR count). The summed E-state index contributed by atoms with van der Waals surface area (Å²) in [4.78, 5) is 12.1. The zero-order valence-corrected chi connectivity index (χ0v) is 14.2. The van der Waals surface area contributed by atoms with Crippen molar-refractivity contribution in [3.05, 3.63) is 29.8 Å². The molecule has 0 aromatic heterocycles. The number of benzene rings is 1. The third kappa shape index (κ3) is 5.75. The van der Waals surface area contributed by atoms with Crippen LogP contribution >= 0.6 is 0 Å². The third-order valence-corrected chi connectivity index (χ3v) is 4.89. The van der Waals surface area contributed by atoms with Crippen molar-refractivity contribution in [3.8, 4) is 0 Å². The lowest BCUT2D eigenvalue weighted by Gasteiger charge is -2.12. The molecule has 124 valence electrons. The molecule has 1 aromatic rings. The molecule has 1 amide bonds. The van der Waals surface area contributed by atoms with E-state index in [4.69, 9.17) is 0 Å². The highest BCUT2D eigenvalue weighted by Gasteiger charge is 2.16. The van der Waals surface area contributed by atoms with Crippen LogP contribution in [0.4, 0.5) is 0 Å². The van der Waals surface area contributed by atoms with Crippen molar-refractivity contribution in [1.82, 2.24) is 15.4 Å². The molecule has 0 aliphatic carbocycles. The highest BCUT2D eigenvalue weighted by atomic mass is 32.2. The second-order valence-corrected chi connectivity index (χ2v) is 6.88. The average molecular weight is 327 g/mol. The van der Waals surface area contributed by atoms with Gasteiger partial charge in [0.2, 0.25) is 10.0 Å². The van der Waals surface area contributed by atoms with Crippen molar-refractivity contribution in [2.75, 3.05) is 20.1 Å². The molecule has 1 aromatic carbocycles. The van der Waals surface area contributed by atoms with Gasteiger partial charge in [-0.2, -0.15) is 0 Å². The Hall–Kier alpha value is -1.44. The first-order chi connectivity index (χ1) is 10.4. The first-order valence-electron chi connectivity index (χ1n) is 7.46. The molecule has 7 heteroatoms. The smallest absolute Gasteiger partial charge is 0.251 e. The van der Waals surface area contributed by atoms with Gasteiger partial charge in [-0.3, -0.25) is 4.79 Å². The first-order valence-corrected chi connectivity index (χ1v) is 8.94. The highest BCUT2D eigenvalue weighted by molar-refractivity contribution is 7.89. The summed E-state index contributed by atoms with van der Waals surface area (Å²) in [5.41, 5.74) is 0.451. The van der Waals surface area contributed by atoms with Gasteiger partial charge in [0.05, 0.1) is 4.90 Å². The van der Waals surface area contributed by atoms with E-state index in [1.165, 1.54) is 24.3 Å². The normalized spacial score (nSPS) is 12.9. The molecular weight excluding hydrogens is 302 g/mol. The molecule has 22 heavy (non-hydrogen) atoms. The Labute approximate surface area is 132 Å². The lowest BCUT2D eigenvalue weighted by atomic mass is 10.2. The molecule has 6 nitrogen and oxygen atoms in total. The molecule has 0 saturated heterocycles. The number of amides is 1. The van der Waals surface area contributed by atoms with Crippen LogP contribution in [0.15, 0.2) is 29.2 Å². The quantitative estimate of drug-likeness (QED) is 0.593. The summed E-state index contributed by atoms with van der Waals surface area (Å²) in [5.74, 6) is -0.199. The molecule has 0 aliphatic heterocycles. The Morgan fingerprint density at radius 1 is 1.18 bits per heavy atom. The van der Waals surface area contributed by atoms with E-state index >= 15 is 0 Å². The van der Waals surface area contributed by atoms with Gasteiger partial charge in [-0.15, -0.1) is 0 Å². The van der Waals surface area contributed by atoms with E-state index in [1.807, 2.05) is 20.9 Å². The zero-order chi connectivity index (χ0) is 16.6. The van der Waals surface area contributed by atoms with E-state index in [0.29, 0.717) is 18.5 Å². The monoisotopic (exact) mass is 327 g/mol. The Bertz CT molecular complexity index is 570. The maximum absolute atomic E-state index is 12.1. The molecule has 0 fully saturated rings. The van der Waals surface area contributed by atoms with Crippen molar-refractivity contribution in [2.24, 2.45) is 0 Å². The summed E-state index contributed by atoms with van der Waals surface area (Å²) in [6.45, 7) is 5.13. The summed E-state index contributed by atoms with van der Waals surface area (Å²) in [6, 6.07) is 5.83. The van der Waals surface area contributed by atoms with Crippen LogP contribution in [0.3, 0.4) is 0 Å². The lowest BCUT2D eigenvalue weighted by molar-refractivity contribution is 0.0953. The standard InChI is InChI=1S/C15H25N3O3S/c1-4-12(2)18-22(20,21)14-8-6-13(7-9-14)15(19)17-11-5-10-16-3/h6-9,12,16,18H,4-5,10-11H2,1-3H3,(H,17,19). The summed E-state index contributed by atoms with van der Waals surface area (Å²) < 4.78 is 26.8. The van der Waals surface area contributed by atoms with Crippen LogP contribution in [0.2, 0.25) is 0 Å². The number of carbonyl (C=O) groups is 1. The molecule has 3 N–H and O–H groups in total. The van der Waals surface area contributed by atoms with E-state index in [2.05, 4.69) is 15.4 Å². The Morgan fingerprint density at radius 2 is 1.82 bits per heavy atom. The molecule has 0 bridgehead atoms. The SMILES string of the molecule is CCC(C)NS(=O)(=O)c1ccc(C(=O)NCCCNC)cc1. The predicted molar refractivity (Wildman–Crippen MR) is 87.4 cm³/mol. The van der Waals surface area contributed by atoms with Crippen LogP contribution in [-0.2, 0) is 10.0 Å². The van der Waals surface area contributed by atoms with E-state index in [-0.39, 0.29) is 16.8 Å². The van der Waals surface area contributed by atoms with E-state index in [0.717, 1.165) is 13.0 Å². The van der Waals surface area contributed by atoms with Crippen LogP contribution in [0.1, 0.15) is 37.0 Å². The van der Waals surface area contributed by atoms with Gasteiger partial charge < -0.3 is 10.6 Å². The Balaban J connectivity index is 2.68. The summed E-state index contributed by atoms with van der Waals surface area (Å²) in [6.07, 6.45) is 1.56. The molecule has 0 saturated carbocycles. The Morgan fingerprint density at radius 3 is 2.36 bits per heavy atom. The van der Waals surface area contributed by atoms with Gasteiger partial charge in [-0.25, -0.2) is 13.1 Å².